The lowest BCUT2D eigenvalue weighted by atomic mass is 10.1. The number of thioether (sulfide) groups is 2. The van der Waals surface area contributed by atoms with E-state index in [0.717, 1.165) is 17.9 Å². The molecular formula is C16H24N2OS2. The molecule has 0 unspecified atom stereocenters. The SMILES string of the molecule is CN(C)Cc1ccc(CNC(=O)C[C@H]2CSCCS2)cc1. The lowest BCUT2D eigenvalue weighted by Crippen LogP contribution is -2.28. The Labute approximate surface area is 136 Å². The first-order valence-electron chi connectivity index (χ1n) is 7.32. The van der Waals surface area contributed by atoms with Crippen LogP contribution in [0, 0.1) is 0 Å². The lowest BCUT2D eigenvalue weighted by molar-refractivity contribution is -0.121. The van der Waals surface area contributed by atoms with Gasteiger partial charge in [-0.15, -0.1) is 0 Å². The van der Waals surface area contributed by atoms with Gasteiger partial charge in [-0.1, -0.05) is 24.3 Å². The number of hydrogen-bond donors (Lipinski definition) is 1. The summed E-state index contributed by atoms with van der Waals surface area (Å²) in [5.41, 5.74) is 2.46. The van der Waals surface area contributed by atoms with Crippen LogP contribution in [0.2, 0.25) is 0 Å². The van der Waals surface area contributed by atoms with E-state index in [0.29, 0.717) is 18.2 Å². The summed E-state index contributed by atoms with van der Waals surface area (Å²) in [6, 6.07) is 8.47. The summed E-state index contributed by atoms with van der Waals surface area (Å²) in [6.07, 6.45) is 0.649. The third kappa shape index (κ3) is 6.32. The van der Waals surface area contributed by atoms with Crippen LogP contribution in [0.4, 0.5) is 0 Å². The predicted molar refractivity (Wildman–Crippen MR) is 93.9 cm³/mol. The Kier molecular flexibility index (Phi) is 6.93. The van der Waals surface area contributed by atoms with E-state index in [1.54, 1.807) is 0 Å². The molecular weight excluding hydrogens is 300 g/mol. The fourth-order valence-corrected chi connectivity index (χ4v) is 4.94. The van der Waals surface area contributed by atoms with Crippen molar-refractivity contribution in [1.82, 2.24) is 10.2 Å². The van der Waals surface area contributed by atoms with Gasteiger partial charge in [0.1, 0.15) is 0 Å². The van der Waals surface area contributed by atoms with Crippen LogP contribution in [-0.4, -0.2) is 47.4 Å². The molecule has 1 atom stereocenters. The first-order valence-corrected chi connectivity index (χ1v) is 9.52. The fraction of sp³-hybridized carbons (Fsp3) is 0.562. The maximum atomic E-state index is 12.0. The van der Waals surface area contributed by atoms with E-state index in [4.69, 9.17) is 0 Å². The highest BCUT2D eigenvalue weighted by molar-refractivity contribution is 8.06. The number of nitrogens with one attached hydrogen (secondary N) is 1. The second-order valence-electron chi connectivity index (χ2n) is 5.60. The molecule has 1 heterocycles. The summed E-state index contributed by atoms with van der Waals surface area (Å²) < 4.78 is 0. The molecule has 1 N–H and O–H groups in total. The number of benzene rings is 1. The van der Waals surface area contributed by atoms with Crippen LogP contribution in [-0.2, 0) is 17.9 Å². The van der Waals surface area contributed by atoms with Crippen LogP contribution in [0.15, 0.2) is 24.3 Å². The molecule has 3 nitrogen and oxygen atoms in total. The van der Waals surface area contributed by atoms with E-state index in [1.807, 2.05) is 23.5 Å². The number of nitrogens with zero attached hydrogens (tertiary/aromatic N) is 1. The smallest absolute Gasteiger partial charge is 0.221 e. The largest absolute Gasteiger partial charge is 0.352 e. The minimum atomic E-state index is 0.173. The van der Waals surface area contributed by atoms with E-state index >= 15 is 0 Å². The molecule has 2 rings (SSSR count). The third-order valence-corrected chi connectivity index (χ3v) is 6.15. The van der Waals surface area contributed by atoms with Gasteiger partial charge in [0.2, 0.25) is 5.91 Å². The second-order valence-corrected chi connectivity index (χ2v) is 8.16. The molecule has 1 amide bonds. The van der Waals surface area contributed by atoms with Gasteiger partial charge in [-0.3, -0.25) is 4.79 Å². The molecule has 5 heteroatoms. The van der Waals surface area contributed by atoms with Gasteiger partial charge in [0.05, 0.1) is 0 Å². The molecule has 0 bridgehead atoms. The van der Waals surface area contributed by atoms with Crippen molar-refractivity contribution >= 4 is 29.4 Å². The van der Waals surface area contributed by atoms with Crippen LogP contribution in [0.1, 0.15) is 17.5 Å². The van der Waals surface area contributed by atoms with Crippen LogP contribution >= 0.6 is 23.5 Å². The number of hydrogen-bond acceptors (Lipinski definition) is 4. The highest BCUT2D eigenvalue weighted by atomic mass is 32.2. The molecule has 0 aromatic heterocycles. The van der Waals surface area contributed by atoms with Gasteiger partial charge in [-0.25, -0.2) is 0 Å². The average molecular weight is 325 g/mol. The molecule has 1 aliphatic rings. The Bertz CT molecular complexity index is 442. The van der Waals surface area contributed by atoms with Gasteiger partial charge < -0.3 is 10.2 Å². The van der Waals surface area contributed by atoms with Crippen LogP contribution < -0.4 is 5.32 Å². The summed E-state index contributed by atoms with van der Waals surface area (Å²) in [7, 11) is 4.13. The van der Waals surface area contributed by atoms with Gasteiger partial charge in [0.25, 0.3) is 0 Å². The maximum absolute atomic E-state index is 12.0. The van der Waals surface area contributed by atoms with E-state index in [-0.39, 0.29) is 5.91 Å². The Morgan fingerprint density at radius 2 is 1.95 bits per heavy atom. The highest BCUT2D eigenvalue weighted by Gasteiger charge is 2.17. The van der Waals surface area contributed by atoms with Crippen molar-refractivity contribution in [1.29, 1.82) is 0 Å². The molecule has 1 saturated heterocycles. The molecule has 0 aliphatic carbocycles. The van der Waals surface area contributed by atoms with Gasteiger partial charge in [-0.2, -0.15) is 23.5 Å². The number of rotatable bonds is 6. The molecule has 116 valence electrons. The van der Waals surface area contributed by atoms with Crippen molar-refractivity contribution in [3.8, 4) is 0 Å². The molecule has 1 fully saturated rings. The molecule has 1 aromatic rings. The molecule has 1 aromatic carbocycles. The van der Waals surface area contributed by atoms with E-state index in [9.17, 15) is 4.79 Å². The zero-order valence-corrected chi connectivity index (χ0v) is 14.4. The molecule has 0 radical (unpaired) electrons. The Hall–Kier alpha value is -0.650. The monoisotopic (exact) mass is 324 g/mol. The number of carbonyl (C=O) groups excluding carboxylic acids is 1. The van der Waals surface area contributed by atoms with Gasteiger partial charge in [0, 0.05) is 42.0 Å². The number of carbonyl (C=O) groups is 1. The minimum absolute atomic E-state index is 0.173. The lowest BCUT2D eigenvalue weighted by Gasteiger charge is -2.20. The molecule has 1 aliphatic heterocycles. The molecule has 21 heavy (non-hydrogen) atoms. The van der Waals surface area contributed by atoms with E-state index in [2.05, 4.69) is 48.6 Å². The van der Waals surface area contributed by atoms with Crippen molar-refractivity contribution in [2.75, 3.05) is 31.4 Å². The van der Waals surface area contributed by atoms with Crippen LogP contribution in [0.25, 0.3) is 0 Å². The zero-order chi connectivity index (χ0) is 15.1. The minimum Gasteiger partial charge on any atom is -0.352 e. The maximum Gasteiger partial charge on any atom is 0.221 e. The first kappa shape index (κ1) is 16.7. The van der Waals surface area contributed by atoms with E-state index in [1.165, 1.54) is 17.1 Å². The normalized spacial score (nSPS) is 18.7. The summed E-state index contributed by atoms with van der Waals surface area (Å²) in [4.78, 5) is 14.1. The molecule has 0 saturated carbocycles. The van der Waals surface area contributed by atoms with Gasteiger partial charge in [-0.05, 0) is 25.2 Å². The van der Waals surface area contributed by atoms with Gasteiger partial charge in [0.15, 0.2) is 0 Å². The van der Waals surface area contributed by atoms with Crippen molar-refractivity contribution in [2.24, 2.45) is 0 Å². The fourth-order valence-electron chi connectivity index (χ4n) is 2.26. The van der Waals surface area contributed by atoms with Crippen LogP contribution in [0.5, 0.6) is 0 Å². The predicted octanol–water partition coefficient (Wildman–Crippen LogP) is 2.60. The Balaban J connectivity index is 1.73. The van der Waals surface area contributed by atoms with Crippen molar-refractivity contribution in [3.05, 3.63) is 35.4 Å². The second kappa shape index (κ2) is 8.71. The standard InChI is InChI=1S/C16H24N2OS2/c1-18(2)11-14-5-3-13(4-6-14)10-17-16(19)9-15-12-20-7-8-21-15/h3-6,15H,7-12H2,1-2H3,(H,17,19)/t15-/m0/s1. The summed E-state index contributed by atoms with van der Waals surface area (Å²) in [6.45, 7) is 1.58. The summed E-state index contributed by atoms with van der Waals surface area (Å²) in [5, 5.41) is 3.53. The van der Waals surface area contributed by atoms with Crippen LogP contribution in [0.3, 0.4) is 0 Å². The van der Waals surface area contributed by atoms with E-state index < -0.39 is 0 Å². The zero-order valence-electron chi connectivity index (χ0n) is 12.8. The van der Waals surface area contributed by atoms with Crippen molar-refractivity contribution < 1.29 is 4.79 Å². The highest BCUT2D eigenvalue weighted by Crippen LogP contribution is 2.26. The average Bonchev–Trinajstić information content (AvgIpc) is 2.47. The summed E-state index contributed by atoms with van der Waals surface area (Å²) in [5.74, 6) is 3.68. The Morgan fingerprint density at radius 3 is 2.57 bits per heavy atom. The number of amides is 1. The van der Waals surface area contributed by atoms with Crippen molar-refractivity contribution in [3.63, 3.8) is 0 Å². The van der Waals surface area contributed by atoms with Crippen molar-refractivity contribution in [2.45, 2.75) is 24.8 Å². The summed E-state index contributed by atoms with van der Waals surface area (Å²) >= 11 is 3.90. The van der Waals surface area contributed by atoms with Gasteiger partial charge >= 0.3 is 0 Å². The third-order valence-electron chi connectivity index (χ3n) is 3.31. The first-order chi connectivity index (χ1) is 10.1. The Morgan fingerprint density at radius 1 is 1.24 bits per heavy atom. The molecule has 0 spiro atoms. The quantitative estimate of drug-likeness (QED) is 0.872. The topological polar surface area (TPSA) is 32.3 Å².